The first-order chi connectivity index (χ1) is 11.6. The molecule has 1 unspecified atom stereocenters. The van der Waals surface area contributed by atoms with Crippen molar-refractivity contribution < 1.29 is 4.79 Å². The molecule has 142 valence electrons. The molecule has 1 aliphatic rings. The van der Waals surface area contributed by atoms with Crippen molar-refractivity contribution in [3.63, 3.8) is 0 Å². The maximum atomic E-state index is 13.0. The van der Waals surface area contributed by atoms with E-state index >= 15 is 0 Å². The average molecular weight is 396 g/mol. The Balaban J connectivity index is 0.00000169. The summed E-state index contributed by atoms with van der Waals surface area (Å²) < 4.78 is 0. The highest BCUT2D eigenvalue weighted by atomic mass is 35.5. The number of nitrogens with zero attached hydrogens (tertiary/aromatic N) is 2. The summed E-state index contributed by atoms with van der Waals surface area (Å²) in [4.78, 5) is 17.0. The van der Waals surface area contributed by atoms with Gasteiger partial charge in [0.2, 0.25) is 5.91 Å². The molecule has 6 heteroatoms. The molecule has 0 radical (unpaired) electrons. The smallest absolute Gasteiger partial charge is 0.244 e. The molecular weight excluding hydrogens is 369 g/mol. The van der Waals surface area contributed by atoms with Crippen molar-refractivity contribution in [1.82, 2.24) is 4.90 Å². The Kier molecular flexibility index (Phi) is 8.41. The summed E-state index contributed by atoms with van der Waals surface area (Å²) in [6.45, 7) is 3.50. The maximum Gasteiger partial charge on any atom is 0.244 e. The molecule has 2 N–H and O–H groups in total. The number of hydrogen-bond donors (Lipinski definition) is 1. The highest BCUT2D eigenvalue weighted by molar-refractivity contribution is 5.98. The zero-order chi connectivity index (χ0) is 17.1. The number of hydrogen-bond acceptors (Lipinski definition) is 3. The topological polar surface area (TPSA) is 49.6 Å². The third kappa shape index (κ3) is 4.70. The van der Waals surface area contributed by atoms with Crippen LogP contribution in [0.15, 0.2) is 48.5 Å². The van der Waals surface area contributed by atoms with Crippen molar-refractivity contribution in [2.75, 3.05) is 24.2 Å². The monoisotopic (exact) mass is 395 g/mol. The van der Waals surface area contributed by atoms with Crippen LogP contribution in [0, 0.1) is 0 Å². The van der Waals surface area contributed by atoms with E-state index in [-0.39, 0.29) is 36.8 Å². The fourth-order valence-corrected chi connectivity index (χ4v) is 3.30. The number of benzene rings is 2. The number of fused-ring (bicyclic) bond motifs is 1. The van der Waals surface area contributed by atoms with Gasteiger partial charge in [-0.3, -0.25) is 9.69 Å². The summed E-state index contributed by atoms with van der Waals surface area (Å²) >= 11 is 0. The molecule has 1 heterocycles. The Morgan fingerprint density at radius 2 is 1.85 bits per heavy atom. The van der Waals surface area contributed by atoms with Crippen LogP contribution in [0.1, 0.15) is 24.5 Å². The molecule has 0 aromatic heterocycles. The standard InChI is InChI=1S/C20H25N3O.2ClH/c1-15(22(2)14-16-8-4-3-5-9-16)20(24)23-13-7-10-17-18(21)11-6-12-19(17)23;;/h3-6,8-9,11-12,15H,7,10,13-14,21H2,1-2H3;2*1H. The van der Waals surface area contributed by atoms with Crippen molar-refractivity contribution in [2.45, 2.75) is 32.4 Å². The highest BCUT2D eigenvalue weighted by Gasteiger charge is 2.29. The van der Waals surface area contributed by atoms with E-state index in [2.05, 4.69) is 17.0 Å². The highest BCUT2D eigenvalue weighted by Crippen LogP contribution is 2.32. The third-order valence-electron chi connectivity index (χ3n) is 4.85. The van der Waals surface area contributed by atoms with Crippen molar-refractivity contribution in [2.24, 2.45) is 0 Å². The minimum absolute atomic E-state index is 0. The van der Waals surface area contributed by atoms with Gasteiger partial charge in [-0.05, 0) is 50.1 Å². The summed E-state index contributed by atoms with van der Waals surface area (Å²) in [6, 6.07) is 15.9. The summed E-state index contributed by atoms with van der Waals surface area (Å²) in [5.74, 6) is 0.139. The van der Waals surface area contributed by atoms with Crippen LogP contribution < -0.4 is 10.6 Å². The quantitative estimate of drug-likeness (QED) is 0.798. The van der Waals surface area contributed by atoms with Gasteiger partial charge in [-0.1, -0.05) is 36.4 Å². The van der Waals surface area contributed by atoms with E-state index in [4.69, 9.17) is 5.73 Å². The number of amides is 1. The van der Waals surface area contributed by atoms with Gasteiger partial charge in [0.05, 0.1) is 6.04 Å². The number of nitrogens with two attached hydrogens (primary N) is 1. The molecule has 26 heavy (non-hydrogen) atoms. The van der Waals surface area contributed by atoms with Crippen LogP contribution in [0.4, 0.5) is 11.4 Å². The Bertz CT molecular complexity index is 724. The van der Waals surface area contributed by atoms with Crippen LogP contribution >= 0.6 is 24.8 Å². The van der Waals surface area contributed by atoms with Crippen LogP contribution in [0.5, 0.6) is 0 Å². The Labute approximate surface area is 168 Å². The molecule has 0 saturated carbocycles. The molecule has 1 aliphatic heterocycles. The Hall–Kier alpha value is -1.75. The first-order valence-electron chi connectivity index (χ1n) is 8.51. The summed E-state index contributed by atoms with van der Waals surface area (Å²) in [6.07, 6.45) is 1.90. The van der Waals surface area contributed by atoms with Gasteiger partial charge in [-0.2, -0.15) is 0 Å². The Morgan fingerprint density at radius 3 is 2.54 bits per heavy atom. The normalized spacial score (nSPS) is 14.0. The van der Waals surface area contributed by atoms with E-state index in [0.717, 1.165) is 42.9 Å². The molecule has 2 aromatic carbocycles. The second-order valence-corrected chi connectivity index (χ2v) is 6.52. The molecule has 0 aliphatic carbocycles. The molecule has 4 nitrogen and oxygen atoms in total. The maximum absolute atomic E-state index is 13.0. The van der Waals surface area contributed by atoms with Crippen LogP contribution in [0.25, 0.3) is 0 Å². The van der Waals surface area contributed by atoms with Crippen LogP contribution in [-0.2, 0) is 17.8 Å². The second-order valence-electron chi connectivity index (χ2n) is 6.52. The molecule has 2 aromatic rings. The van der Waals surface area contributed by atoms with E-state index in [0.29, 0.717) is 0 Å². The number of likely N-dealkylation sites (N-methyl/N-ethyl adjacent to an activating group) is 1. The first-order valence-corrected chi connectivity index (χ1v) is 8.51. The minimum atomic E-state index is -0.183. The van der Waals surface area contributed by atoms with E-state index < -0.39 is 0 Å². The predicted octanol–water partition coefficient (Wildman–Crippen LogP) is 3.91. The van der Waals surface area contributed by atoms with Gasteiger partial charge in [0, 0.05) is 24.5 Å². The van der Waals surface area contributed by atoms with Gasteiger partial charge < -0.3 is 10.6 Å². The molecule has 0 spiro atoms. The van der Waals surface area contributed by atoms with Gasteiger partial charge in [0.25, 0.3) is 0 Å². The molecule has 0 fully saturated rings. The lowest BCUT2D eigenvalue weighted by molar-refractivity contribution is -0.123. The number of carbonyl (C=O) groups is 1. The van der Waals surface area contributed by atoms with Crippen molar-refractivity contribution in [1.29, 1.82) is 0 Å². The van der Waals surface area contributed by atoms with Gasteiger partial charge in [-0.25, -0.2) is 0 Å². The van der Waals surface area contributed by atoms with Gasteiger partial charge in [0.15, 0.2) is 0 Å². The number of nitrogen functional groups attached to an aromatic ring is 1. The van der Waals surface area contributed by atoms with Gasteiger partial charge >= 0.3 is 0 Å². The van der Waals surface area contributed by atoms with Crippen LogP contribution in [-0.4, -0.2) is 30.4 Å². The fraction of sp³-hybridized carbons (Fsp3) is 0.350. The van der Waals surface area contributed by atoms with Crippen LogP contribution in [0.3, 0.4) is 0 Å². The zero-order valence-corrected chi connectivity index (χ0v) is 16.9. The molecule has 1 amide bonds. The lowest BCUT2D eigenvalue weighted by Crippen LogP contribution is -2.47. The molecule has 0 bridgehead atoms. The summed E-state index contributed by atoms with van der Waals surface area (Å²) in [5, 5.41) is 0. The summed E-state index contributed by atoms with van der Waals surface area (Å²) in [7, 11) is 2.00. The number of halogens is 2. The SMILES string of the molecule is CC(C(=O)N1CCCc2c(N)cccc21)N(C)Cc1ccccc1.Cl.Cl. The first kappa shape index (κ1) is 22.3. The van der Waals surface area contributed by atoms with Crippen molar-refractivity contribution in [3.05, 3.63) is 59.7 Å². The van der Waals surface area contributed by atoms with Gasteiger partial charge in [0.1, 0.15) is 0 Å². The third-order valence-corrected chi connectivity index (χ3v) is 4.85. The molecule has 3 rings (SSSR count). The largest absolute Gasteiger partial charge is 0.398 e. The van der Waals surface area contributed by atoms with E-state index in [1.165, 1.54) is 5.56 Å². The molecule has 1 atom stereocenters. The van der Waals surface area contributed by atoms with E-state index in [9.17, 15) is 4.79 Å². The fourth-order valence-electron chi connectivity index (χ4n) is 3.30. The van der Waals surface area contributed by atoms with Crippen molar-refractivity contribution >= 4 is 42.1 Å². The van der Waals surface area contributed by atoms with Crippen LogP contribution in [0.2, 0.25) is 0 Å². The average Bonchev–Trinajstić information content (AvgIpc) is 2.61. The molecular formula is C20H27Cl2N3O. The van der Waals surface area contributed by atoms with Gasteiger partial charge in [-0.15, -0.1) is 24.8 Å². The Morgan fingerprint density at radius 1 is 1.15 bits per heavy atom. The zero-order valence-electron chi connectivity index (χ0n) is 15.2. The summed E-state index contributed by atoms with van der Waals surface area (Å²) in [5.41, 5.74) is 10.2. The number of anilines is 2. The lowest BCUT2D eigenvalue weighted by atomic mass is 9.99. The number of rotatable bonds is 4. The van der Waals surface area contributed by atoms with Crippen molar-refractivity contribution in [3.8, 4) is 0 Å². The molecule has 0 saturated heterocycles. The van der Waals surface area contributed by atoms with E-state index in [1.54, 1.807) is 0 Å². The van der Waals surface area contributed by atoms with E-state index in [1.807, 2.05) is 55.3 Å². The minimum Gasteiger partial charge on any atom is -0.398 e. The second kappa shape index (κ2) is 9.81. The lowest BCUT2D eigenvalue weighted by Gasteiger charge is -2.34. The number of carbonyl (C=O) groups excluding carboxylic acids is 1. The predicted molar refractivity (Wildman–Crippen MR) is 113 cm³/mol.